The van der Waals surface area contributed by atoms with Crippen LogP contribution in [0.1, 0.15) is 15.9 Å². The molecule has 168 valence electrons. The quantitative estimate of drug-likeness (QED) is 0.481. The lowest BCUT2D eigenvalue weighted by Crippen LogP contribution is -2.39. The summed E-state index contributed by atoms with van der Waals surface area (Å²) in [6.07, 6.45) is -4.21. The number of nitrogens with one attached hydrogen (secondary N) is 1. The van der Waals surface area contributed by atoms with E-state index in [1.165, 1.54) is 24.6 Å². The lowest BCUT2D eigenvalue weighted by atomic mass is 10.1. The fraction of sp³-hybridized carbons (Fsp3) is 0.263. The zero-order valence-corrected chi connectivity index (χ0v) is 17.2. The summed E-state index contributed by atoms with van der Waals surface area (Å²) in [7, 11) is -2.43. The van der Waals surface area contributed by atoms with Crippen LogP contribution in [-0.2, 0) is 21.4 Å². The Morgan fingerprint density at radius 1 is 1.13 bits per heavy atom. The number of hydrogen-bond donors (Lipinski definition) is 1. The first-order valence-electron chi connectivity index (χ1n) is 8.61. The molecular formula is C19H18F4N2O5S. The van der Waals surface area contributed by atoms with Gasteiger partial charge in [-0.15, -0.1) is 0 Å². The van der Waals surface area contributed by atoms with Crippen molar-refractivity contribution in [2.75, 3.05) is 24.2 Å². The second-order valence-electron chi connectivity index (χ2n) is 6.38. The largest absolute Gasteiger partial charge is 0.497 e. The molecule has 31 heavy (non-hydrogen) atoms. The van der Waals surface area contributed by atoms with Crippen molar-refractivity contribution >= 4 is 27.4 Å². The fourth-order valence-corrected chi connectivity index (χ4v) is 3.40. The van der Waals surface area contributed by atoms with Gasteiger partial charge in [-0.3, -0.25) is 13.9 Å². The summed E-state index contributed by atoms with van der Waals surface area (Å²) < 4.78 is 81.5. The van der Waals surface area contributed by atoms with E-state index in [2.05, 4.69) is 0 Å². The van der Waals surface area contributed by atoms with Gasteiger partial charge in [-0.05, 0) is 18.2 Å². The van der Waals surface area contributed by atoms with Gasteiger partial charge >= 0.3 is 12.1 Å². The zero-order chi connectivity index (χ0) is 23.4. The average Bonchev–Trinajstić information content (AvgIpc) is 2.69. The number of carbonyl (C=O) groups is 2. The smallest absolute Gasteiger partial charge is 0.471 e. The highest BCUT2D eigenvalue weighted by Gasteiger charge is 2.38. The third-order valence-corrected chi connectivity index (χ3v) is 5.24. The number of sulfonamides is 1. The number of ether oxygens (including phenoxy) is 1. The van der Waals surface area contributed by atoms with Crippen LogP contribution in [0, 0.1) is 5.82 Å². The average molecular weight is 462 g/mol. The predicted molar refractivity (Wildman–Crippen MR) is 104 cm³/mol. The van der Waals surface area contributed by atoms with Gasteiger partial charge in [0.2, 0.25) is 10.0 Å². The monoisotopic (exact) mass is 462 g/mol. The number of halogens is 4. The van der Waals surface area contributed by atoms with E-state index < -0.39 is 46.8 Å². The first kappa shape index (κ1) is 24.1. The van der Waals surface area contributed by atoms with Crippen molar-refractivity contribution in [2.45, 2.75) is 12.7 Å². The summed E-state index contributed by atoms with van der Waals surface area (Å²) in [5, 5.41) is 1.40. The fourth-order valence-electron chi connectivity index (χ4n) is 2.53. The Morgan fingerprint density at radius 2 is 1.81 bits per heavy atom. The van der Waals surface area contributed by atoms with Crippen LogP contribution < -0.4 is 14.4 Å². The maximum atomic E-state index is 14.5. The van der Waals surface area contributed by atoms with Gasteiger partial charge in [-0.1, -0.05) is 18.2 Å². The lowest BCUT2D eigenvalue weighted by Gasteiger charge is -2.23. The van der Waals surface area contributed by atoms with Crippen molar-refractivity contribution in [2.24, 2.45) is 0 Å². The molecule has 0 bridgehead atoms. The molecule has 0 aliphatic carbocycles. The summed E-state index contributed by atoms with van der Waals surface area (Å²) >= 11 is 0. The molecule has 0 atom stereocenters. The Balaban J connectivity index is 2.23. The van der Waals surface area contributed by atoms with Crippen molar-refractivity contribution in [3.05, 3.63) is 59.4 Å². The van der Waals surface area contributed by atoms with Crippen molar-refractivity contribution in [3.63, 3.8) is 0 Å². The number of anilines is 1. The van der Waals surface area contributed by atoms with Gasteiger partial charge in [0.15, 0.2) is 5.78 Å². The number of nitrogens with zero attached hydrogens (tertiary/aromatic N) is 1. The molecular weight excluding hydrogens is 444 g/mol. The van der Waals surface area contributed by atoms with E-state index in [4.69, 9.17) is 4.74 Å². The first-order chi connectivity index (χ1) is 14.3. The van der Waals surface area contributed by atoms with Crippen molar-refractivity contribution in [3.8, 4) is 5.75 Å². The molecule has 0 heterocycles. The highest BCUT2D eigenvalue weighted by molar-refractivity contribution is 7.92. The number of hydrogen-bond acceptors (Lipinski definition) is 5. The molecule has 0 aromatic heterocycles. The number of carbonyl (C=O) groups excluding carboxylic acids is 2. The lowest BCUT2D eigenvalue weighted by molar-refractivity contribution is -0.173. The van der Waals surface area contributed by atoms with Gasteiger partial charge in [0.25, 0.3) is 0 Å². The van der Waals surface area contributed by atoms with Gasteiger partial charge in [-0.25, -0.2) is 12.8 Å². The molecule has 0 unspecified atom stereocenters. The SMILES string of the molecule is COc1cccc(N(Cc2ccc(C(=O)CNC(=O)C(F)(F)F)cc2F)S(C)(=O)=O)c1. The normalized spacial score (nSPS) is 11.7. The highest BCUT2D eigenvalue weighted by atomic mass is 32.2. The standard InChI is InChI=1S/C19H18F4N2O5S/c1-30-15-5-3-4-14(9-15)25(31(2,28)29)11-13-7-6-12(8-16(13)20)17(26)10-24-18(27)19(21,22)23/h3-9H,10-11H2,1-2H3,(H,24,27). The third kappa shape index (κ3) is 6.41. The van der Waals surface area contributed by atoms with Crippen LogP contribution in [0.25, 0.3) is 0 Å². The van der Waals surface area contributed by atoms with E-state index in [-0.39, 0.29) is 16.8 Å². The van der Waals surface area contributed by atoms with Crippen LogP contribution >= 0.6 is 0 Å². The molecule has 0 saturated heterocycles. The molecule has 12 heteroatoms. The van der Waals surface area contributed by atoms with Crippen LogP contribution in [0.2, 0.25) is 0 Å². The predicted octanol–water partition coefficient (Wildman–Crippen LogP) is 2.66. The zero-order valence-electron chi connectivity index (χ0n) is 16.4. The molecule has 1 N–H and O–H groups in total. The molecule has 2 aromatic carbocycles. The summed E-state index contributed by atoms with van der Waals surface area (Å²) in [6.45, 7) is -1.38. The van der Waals surface area contributed by atoms with Gasteiger partial charge in [0, 0.05) is 17.2 Å². The molecule has 0 spiro atoms. The highest BCUT2D eigenvalue weighted by Crippen LogP contribution is 2.26. The van der Waals surface area contributed by atoms with Crippen LogP contribution in [0.4, 0.5) is 23.2 Å². The van der Waals surface area contributed by atoms with E-state index in [9.17, 15) is 35.6 Å². The van der Waals surface area contributed by atoms with Crippen LogP contribution in [0.15, 0.2) is 42.5 Å². The molecule has 0 aliphatic heterocycles. The Morgan fingerprint density at radius 3 is 2.35 bits per heavy atom. The molecule has 0 saturated carbocycles. The van der Waals surface area contributed by atoms with E-state index in [0.29, 0.717) is 5.75 Å². The van der Waals surface area contributed by atoms with E-state index >= 15 is 0 Å². The summed E-state index contributed by atoms with van der Waals surface area (Å²) in [5.41, 5.74) is -0.142. The van der Waals surface area contributed by atoms with Gasteiger partial charge < -0.3 is 10.1 Å². The van der Waals surface area contributed by atoms with Crippen LogP contribution in [0.5, 0.6) is 5.75 Å². The second kappa shape index (κ2) is 9.33. The topological polar surface area (TPSA) is 92.8 Å². The maximum Gasteiger partial charge on any atom is 0.471 e. The maximum absolute atomic E-state index is 14.5. The van der Waals surface area contributed by atoms with Crippen LogP contribution in [0.3, 0.4) is 0 Å². The molecule has 1 amide bonds. The van der Waals surface area contributed by atoms with Gasteiger partial charge in [0.1, 0.15) is 11.6 Å². The number of alkyl halides is 3. The molecule has 0 radical (unpaired) electrons. The number of Topliss-reactive ketones (excluding diaryl/α,β-unsaturated/α-hetero) is 1. The molecule has 7 nitrogen and oxygen atoms in total. The number of benzene rings is 2. The second-order valence-corrected chi connectivity index (χ2v) is 8.29. The van der Waals surface area contributed by atoms with Crippen molar-refractivity contribution in [1.82, 2.24) is 5.32 Å². The van der Waals surface area contributed by atoms with E-state index in [1.807, 2.05) is 0 Å². The van der Waals surface area contributed by atoms with Gasteiger partial charge in [0.05, 0.1) is 32.1 Å². The Hall–Kier alpha value is -3.15. The number of rotatable bonds is 8. The van der Waals surface area contributed by atoms with E-state index in [0.717, 1.165) is 28.8 Å². The van der Waals surface area contributed by atoms with Crippen LogP contribution in [-0.4, -0.2) is 46.2 Å². The van der Waals surface area contributed by atoms with E-state index in [1.54, 1.807) is 12.1 Å². The molecule has 2 rings (SSSR count). The molecule has 0 fully saturated rings. The Kier molecular flexibility index (Phi) is 7.26. The first-order valence-corrected chi connectivity index (χ1v) is 10.5. The number of amides is 1. The van der Waals surface area contributed by atoms with Gasteiger partial charge in [-0.2, -0.15) is 13.2 Å². The minimum Gasteiger partial charge on any atom is -0.497 e. The van der Waals surface area contributed by atoms with Crippen molar-refractivity contribution < 1.29 is 40.3 Å². The number of ketones is 1. The summed E-state index contributed by atoms with van der Waals surface area (Å²) in [6, 6.07) is 9.13. The third-order valence-electron chi connectivity index (χ3n) is 4.10. The minimum atomic E-state index is -5.15. The van der Waals surface area contributed by atoms with Crippen molar-refractivity contribution in [1.29, 1.82) is 0 Å². The Bertz CT molecular complexity index is 1090. The molecule has 2 aromatic rings. The number of methoxy groups -OCH3 is 1. The summed E-state index contributed by atoms with van der Waals surface area (Å²) in [5.74, 6) is -3.80. The Labute approximate surface area is 175 Å². The minimum absolute atomic E-state index is 0.0795. The molecule has 0 aliphatic rings. The summed E-state index contributed by atoms with van der Waals surface area (Å²) in [4.78, 5) is 22.7.